The molecule has 412 valence electrons. The Balaban J connectivity index is 2.55. The van der Waals surface area contributed by atoms with E-state index in [-0.39, 0.29) is 30.3 Å². The van der Waals surface area contributed by atoms with E-state index in [0.717, 1.165) is 84.3 Å². The normalized spacial score (nSPS) is 14.4. The van der Waals surface area contributed by atoms with E-state index in [0.29, 0.717) is 71.3 Å². The van der Waals surface area contributed by atoms with Gasteiger partial charge in [0, 0.05) is 78.0 Å². The standard InChI is InChI=1S/C58H112N4O8/c1-6-9-12-15-18-21-24-27-30-33-50-68-56(64)37-41-59(42-38-57(65)69-51-34-31-28-25-22-19-16-13-10-7-2)44-45-61-47-49-62(54(4)53-61)48-46-60(40-36-55(63)67-5)43-39-58(66)70-52-35-32-29-26-23-20-17-14-11-8-3/h54H,6-53H2,1-5H3/t54-/m0/s1. The van der Waals surface area contributed by atoms with Crippen molar-refractivity contribution in [1.82, 2.24) is 19.6 Å². The number of ether oxygens (including phenoxy) is 4. The molecule has 12 nitrogen and oxygen atoms in total. The van der Waals surface area contributed by atoms with Gasteiger partial charge in [-0.3, -0.25) is 29.0 Å². The fourth-order valence-corrected chi connectivity index (χ4v) is 9.47. The quantitative estimate of drug-likeness (QED) is 0.0328. The van der Waals surface area contributed by atoms with Gasteiger partial charge in [0.1, 0.15) is 0 Å². The van der Waals surface area contributed by atoms with Gasteiger partial charge in [-0.05, 0) is 26.2 Å². The van der Waals surface area contributed by atoms with Crippen molar-refractivity contribution in [2.75, 3.05) is 98.9 Å². The van der Waals surface area contributed by atoms with Gasteiger partial charge in [0.15, 0.2) is 0 Å². The minimum Gasteiger partial charge on any atom is -0.469 e. The van der Waals surface area contributed by atoms with Gasteiger partial charge in [0.25, 0.3) is 0 Å². The Bertz CT molecular complexity index is 1180. The summed E-state index contributed by atoms with van der Waals surface area (Å²) in [4.78, 5) is 59.9. The number of nitrogens with zero attached hydrogens (tertiary/aromatic N) is 4. The molecule has 0 aromatic rings. The van der Waals surface area contributed by atoms with Crippen LogP contribution in [0.15, 0.2) is 0 Å². The van der Waals surface area contributed by atoms with Crippen molar-refractivity contribution in [3.05, 3.63) is 0 Å². The van der Waals surface area contributed by atoms with E-state index in [1.54, 1.807) is 0 Å². The summed E-state index contributed by atoms with van der Waals surface area (Å²) >= 11 is 0. The predicted octanol–water partition coefficient (Wildman–Crippen LogP) is 12.7. The Kier molecular flexibility index (Phi) is 46.0. The zero-order valence-corrected chi connectivity index (χ0v) is 46.6. The summed E-state index contributed by atoms with van der Waals surface area (Å²) in [6, 6.07) is 0.331. The highest BCUT2D eigenvalue weighted by atomic mass is 16.5. The van der Waals surface area contributed by atoms with Crippen LogP contribution in [0.25, 0.3) is 0 Å². The summed E-state index contributed by atoms with van der Waals surface area (Å²) in [5.74, 6) is -0.730. The van der Waals surface area contributed by atoms with Crippen LogP contribution in [0, 0.1) is 0 Å². The second kappa shape index (κ2) is 49.0. The van der Waals surface area contributed by atoms with Gasteiger partial charge in [-0.15, -0.1) is 0 Å². The van der Waals surface area contributed by atoms with Crippen LogP contribution in [0.1, 0.15) is 246 Å². The van der Waals surface area contributed by atoms with E-state index in [1.165, 1.54) is 161 Å². The maximum Gasteiger partial charge on any atom is 0.307 e. The molecule has 1 rings (SSSR count). The number of rotatable bonds is 51. The smallest absolute Gasteiger partial charge is 0.307 e. The van der Waals surface area contributed by atoms with Crippen LogP contribution < -0.4 is 0 Å². The number of piperazine rings is 1. The largest absolute Gasteiger partial charge is 0.469 e. The Labute approximate surface area is 431 Å². The fraction of sp³-hybridized carbons (Fsp3) is 0.931. The van der Waals surface area contributed by atoms with Crippen molar-refractivity contribution in [3.8, 4) is 0 Å². The number of hydrogen-bond donors (Lipinski definition) is 0. The van der Waals surface area contributed by atoms with Crippen LogP contribution >= 0.6 is 0 Å². The minimum atomic E-state index is -0.243. The first kappa shape index (κ1) is 65.7. The average molecular weight is 994 g/mol. The van der Waals surface area contributed by atoms with Crippen molar-refractivity contribution in [2.24, 2.45) is 0 Å². The monoisotopic (exact) mass is 993 g/mol. The topological polar surface area (TPSA) is 118 Å². The number of esters is 4. The maximum atomic E-state index is 12.8. The van der Waals surface area contributed by atoms with Gasteiger partial charge in [-0.2, -0.15) is 0 Å². The second-order valence-corrected chi connectivity index (χ2v) is 20.7. The third-order valence-electron chi connectivity index (χ3n) is 14.3. The zero-order valence-electron chi connectivity index (χ0n) is 46.6. The SMILES string of the molecule is CCCCCCCCCCCCOC(=O)CCN(CCC(=O)OCCCCCCCCCCCC)CCN1CCN(CCN(CCC(=O)OC)CCC(=O)OCCCCCCCCCCCC)[C@@H](C)C1. The molecule has 0 aliphatic carbocycles. The Morgan fingerprint density at radius 2 is 0.700 bits per heavy atom. The summed E-state index contributed by atoms with van der Waals surface area (Å²) in [7, 11) is 1.42. The molecule has 0 spiro atoms. The molecule has 0 bridgehead atoms. The van der Waals surface area contributed by atoms with Crippen LogP contribution in [0.3, 0.4) is 0 Å². The van der Waals surface area contributed by atoms with Gasteiger partial charge in [-0.25, -0.2) is 0 Å². The third kappa shape index (κ3) is 41.2. The molecule has 70 heavy (non-hydrogen) atoms. The third-order valence-corrected chi connectivity index (χ3v) is 14.3. The molecular formula is C58H112N4O8. The van der Waals surface area contributed by atoms with E-state index >= 15 is 0 Å². The van der Waals surface area contributed by atoms with Crippen LogP contribution in [0.5, 0.6) is 0 Å². The molecule has 1 aliphatic rings. The lowest BCUT2D eigenvalue weighted by molar-refractivity contribution is -0.145. The van der Waals surface area contributed by atoms with Crippen LogP contribution in [-0.4, -0.2) is 148 Å². The first-order chi connectivity index (χ1) is 34.2. The second-order valence-electron chi connectivity index (χ2n) is 20.7. The van der Waals surface area contributed by atoms with Crippen LogP contribution in [-0.2, 0) is 38.1 Å². The lowest BCUT2D eigenvalue weighted by atomic mass is 10.1. The minimum absolute atomic E-state index is 0.159. The summed E-state index contributed by atoms with van der Waals surface area (Å²) < 4.78 is 21.8. The molecule has 0 radical (unpaired) electrons. The van der Waals surface area contributed by atoms with Crippen LogP contribution in [0.4, 0.5) is 0 Å². The van der Waals surface area contributed by atoms with Gasteiger partial charge in [0.2, 0.25) is 0 Å². The molecule has 1 saturated heterocycles. The molecule has 0 aromatic carbocycles. The van der Waals surface area contributed by atoms with E-state index < -0.39 is 0 Å². The van der Waals surface area contributed by atoms with Gasteiger partial charge in [0.05, 0.1) is 52.6 Å². The number of carbonyl (C=O) groups is 4. The highest BCUT2D eigenvalue weighted by Gasteiger charge is 2.25. The summed E-state index contributed by atoms with van der Waals surface area (Å²) in [5.41, 5.74) is 0. The first-order valence-electron chi connectivity index (χ1n) is 29.7. The van der Waals surface area contributed by atoms with Crippen molar-refractivity contribution in [1.29, 1.82) is 0 Å². The molecule has 12 heteroatoms. The number of hydrogen-bond acceptors (Lipinski definition) is 12. The Morgan fingerprint density at radius 3 is 1.01 bits per heavy atom. The number of carbonyl (C=O) groups excluding carboxylic acids is 4. The Hall–Kier alpha value is -2.28. The number of methoxy groups -OCH3 is 1. The molecule has 0 amide bonds. The lowest BCUT2D eigenvalue weighted by Gasteiger charge is -2.41. The molecule has 0 aromatic heterocycles. The molecule has 1 atom stereocenters. The molecule has 1 aliphatic heterocycles. The number of unbranched alkanes of at least 4 members (excludes halogenated alkanes) is 27. The van der Waals surface area contributed by atoms with Gasteiger partial charge < -0.3 is 28.7 Å². The van der Waals surface area contributed by atoms with Gasteiger partial charge in [-0.1, -0.05) is 194 Å². The van der Waals surface area contributed by atoms with E-state index in [2.05, 4.69) is 47.3 Å². The van der Waals surface area contributed by atoms with Gasteiger partial charge >= 0.3 is 23.9 Å². The Morgan fingerprint density at radius 1 is 0.400 bits per heavy atom. The van der Waals surface area contributed by atoms with Crippen molar-refractivity contribution in [3.63, 3.8) is 0 Å². The highest BCUT2D eigenvalue weighted by molar-refractivity contribution is 5.70. The predicted molar refractivity (Wildman–Crippen MR) is 289 cm³/mol. The van der Waals surface area contributed by atoms with Crippen molar-refractivity contribution >= 4 is 23.9 Å². The molecular weight excluding hydrogens is 881 g/mol. The van der Waals surface area contributed by atoms with E-state index in [4.69, 9.17) is 18.9 Å². The molecule has 1 heterocycles. The van der Waals surface area contributed by atoms with Crippen molar-refractivity contribution in [2.45, 2.75) is 252 Å². The summed E-state index contributed by atoms with van der Waals surface area (Å²) in [6.07, 6.45) is 38.6. The summed E-state index contributed by atoms with van der Waals surface area (Å²) in [6.45, 7) is 18.7. The molecule has 0 N–H and O–H groups in total. The molecule has 0 saturated carbocycles. The average Bonchev–Trinajstić information content (AvgIpc) is 3.36. The highest BCUT2D eigenvalue weighted by Crippen LogP contribution is 2.15. The fourth-order valence-electron chi connectivity index (χ4n) is 9.47. The van der Waals surface area contributed by atoms with E-state index in [1.807, 2.05) is 0 Å². The van der Waals surface area contributed by atoms with E-state index in [9.17, 15) is 19.2 Å². The molecule has 0 unspecified atom stereocenters. The molecule has 1 fully saturated rings. The first-order valence-corrected chi connectivity index (χ1v) is 29.7. The summed E-state index contributed by atoms with van der Waals surface area (Å²) in [5, 5.41) is 0. The van der Waals surface area contributed by atoms with Crippen LogP contribution in [0.2, 0.25) is 0 Å². The lowest BCUT2D eigenvalue weighted by Crippen LogP contribution is -2.54. The zero-order chi connectivity index (χ0) is 51.0. The maximum absolute atomic E-state index is 12.8. The van der Waals surface area contributed by atoms with Crippen molar-refractivity contribution < 1.29 is 38.1 Å².